The van der Waals surface area contributed by atoms with E-state index in [1.54, 1.807) is 11.3 Å². The zero-order valence-corrected chi connectivity index (χ0v) is 16.4. The molecule has 6 nitrogen and oxygen atoms in total. The van der Waals surface area contributed by atoms with Gasteiger partial charge in [0.15, 0.2) is 0 Å². The van der Waals surface area contributed by atoms with E-state index in [4.69, 9.17) is 0 Å². The lowest BCUT2D eigenvalue weighted by Crippen LogP contribution is -2.38. The molecule has 138 valence electrons. The van der Waals surface area contributed by atoms with E-state index in [-0.39, 0.29) is 17.5 Å². The van der Waals surface area contributed by atoms with Crippen molar-refractivity contribution in [1.82, 2.24) is 15.3 Å². The quantitative estimate of drug-likeness (QED) is 0.786. The van der Waals surface area contributed by atoms with E-state index in [1.165, 1.54) is 25.6 Å². The van der Waals surface area contributed by atoms with Gasteiger partial charge in [-0.25, -0.2) is 9.78 Å². The van der Waals surface area contributed by atoms with Gasteiger partial charge in [-0.05, 0) is 38.7 Å². The third-order valence-electron chi connectivity index (χ3n) is 4.30. The highest BCUT2D eigenvalue weighted by Gasteiger charge is 2.24. The first-order valence-corrected chi connectivity index (χ1v) is 10.2. The van der Waals surface area contributed by atoms with E-state index in [1.807, 2.05) is 18.7 Å². The average Bonchev–Trinajstić information content (AvgIpc) is 3.07. The Morgan fingerprint density at radius 2 is 1.96 bits per heavy atom. The molecule has 1 N–H and O–H groups in total. The van der Waals surface area contributed by atoms with Crippen molar-refractivity contribution in [3.05, 3.63) is 40.7 Å². The maximum Gasteiger partial charge on any atom is 0.339 e. The van der Waals surface area contributed by atoms with E-state index in [0.29, 0.717) is 10.8 Å². The number of pyridine rings is 1. The Hall–Kier alpha value is -1.93. The molecule has 1 saturated carbocycles. The molecule has 1 fully saturated rings. The lowest BCUT2D eigenvalue weighted by atomic mass is 9.95. The molecule has 0 aliphatic heterocycles. The summed E-state index contributed by atoms with van der Waals surface area (Å²) in [6.45, 7) is 2.01. The number of aromatic nitrogens is 2. The summed E-state index contributed by atoms with van der Waals surface area (Å²) in [5.74, 6) is -0.697. The number of thiazole rings is 1. The molecular formula is C18H21N3O3S2. The molecule has 0 aromatic carbocycles. The molecule has 1 aliphatic carbocycles. The number of nitrogens with zero attached hydrogens (tertiary/aromatic N) is 2. The van der Waals surface area contributed by atoms with Gasteiger partial charge in [-0.15, -0.1) is 11.3 Å². The Labute approximate surface area is 160 Å². The van der Waals surface area contributed by atoms with Crippen molar-refractivity contribution in [1.29, 1.82) is 0 Å². The van der Waals surface area contributed by atoms with Gasteiger partial charge in [0, 0.05) is 34.8 Å². The molecule has 1 amide bonds. The number of aryl methyl sites for hydroxylation is 1. The minimum atomic E-state index is -0.498. The number of carbonyl (C=O) groups is 2. The second-order valence-electron chi connectivity index (χ2n) is 6.27. The first-order chi connectivity index (χ1) is 12.5. The molecule has 0 unspecified atom stereocenters. The van der Waals surface area contributed by atoms with Crippen molar-refractivity contribution < 1.29 is 14.3 Å². The Morgan fingerprint density at radius 3 is 2.62 bits per heavy atom. The van der Waals surface area contributed by atoms with Crippen LogP contribution in [0, 0.1) is 6.92 Å². The van der Waals surface area contributed by atoms with Crippen molar-refractivity contribution in [2.45, 2.75) is 48.2 Å². The van der Waals surface area contributed by atoms with Gasteiger partial charge in [-0.1, -0.05) is 11.8 Å². The van der Waals surface area contributed by atoms with Crippen LogP contribution in [0.5, 0.6) is 0 Å². The predicted molar refractivity (Wildman–Crippen MR) is 102 cm³/mol. The van der Waals surface area contributed by atoms with Crippen LogP contribution in [0.1, 0.15) is 52.1 Å². The molecule has 8 heteroatoms. The molecule has 0 saturated heterocycles. The van der Waals surface area contributed by atoms with Crippen LogP contribution >= 0.6 is 23.1 Å². The Morgan fingerprint density at radius 1 is 1.23 bits per heavy atom. The SMILES string of the molecule is COC(=O)c1cncc(C(=O)NC2CCC(Sc3nc(C)cs3)CC2)c1. The Balaban J connectivity index is 1.51. The van der Waals surface area contributed by atoms with Crippen LogP contribution < -0.4 is 5.32 Å². The number of ether oxygens (including phenoxy) is 1. The van der Waals surface area contributed by atoms with Gasteiger partial charge in [0.05, 0.1) is 18.2 Å². The summed E-state index contributed by atoms with van der Waals surface area (Å²) in [5, 5.41) is 5.68. The number of nitrogens with one attached hydrogen (secondary N) is 1. The Bertz CT molecular complexity index is 785. The highest BCUT2D eigenvalue weighted by Crippen LogP contribution is 2.35. The maximum atomic E-state index is 12.4. The number of amides is 1. The maximum absolute atomic E-state index is 12.4. The number of methoxy groups -OCH3 is 1. The second kappa shape index (κ2) is 8.64. The lowest BCUT2D eigenvalue weighted by Gasteiger charge is -2.28. The van der Waals surface area contributed by atoms with Crippen LogP contribution in [0.2, 0.25) is 0 Å². The first-order valence-electron chi connectivity index (χ1n) is 8.48. The van der Waals surface area contributed by atoms with Gasteiger partial charge in [-0.3, -0.25) is 9.78 Å². The zero-order chi connectivity index (χ0) is 18.5. The zero-order valence-electron chi connectivity index (χ0n) is 14.7. The minimum absolute atomic E-state index is 0.152. The molecule has 2 aromatic rings. The van der Waals surface area contributed by atoms with Crippen molar-refractivity contribution in [2.75, 3.05) is 7.11 Å². The largest absolute Gasteiger partial charge is 0.465 e. The average molecular weight is 392 g/mol. The summed E-state index contributed by atoms with van der Waals surface area (Å²) in [7, 11) is 1.30. The third-order valence-corrected chi connectivity index (χ3v) is 6.72. The van der Waals surface area contributed by atoms with Gasteiger partial charge >= 0.3 is 5.97 Å². The normalized spacial score (nSPS) is 19.8. The van der Waals surface area contributed by atoms with Crippen LogP contribution in [0.3, 0.4) is 0 Å². The number of esters is 1. The Kier molecular flexibility index (Phi) is 6.26. The molecule has 2 heterocycles. The van der Waals surface area contributed by atoms with Crippen molar-refractivity contribution in [3.8, 4) is 0 Å². The van der Waals surface area contributed by atoms with Gasteiger partial charge in [0.1, 0.15) is 4.34 Å². The topological polar surface area (TPSA) is 81.2 Å². The summed E-state index contributed by atoms with van der Waals surface area (Å²) < 4.78 is 5.79. The minimum Gasteiger partial charge on any atom is -0.465 e. The highest BCUT2D eigenvalue weighted by molar-refractivity contribution is 8.01. The summed E-state index contributed by atoms with van der Waals surface area (Å²) in [6, 6.07) is 1.67. The molecular weight excluding hydrogens is 370 g/mol. The highest BCUT2D eigenvalue weighted by atomic mass is 32.2. The second-order valence-corrected chi connectivity index (χ2v) is 8.68. The van der Waals surface area contributed by atoms with Crippen LogP contribution in [0.15, 0.2) is 28.2 Å². The van der Waals surface area contributed by atoms with E-state index >= 15 is 0 Å². The third kappa shape index (κ3) is 4.82. The molecule has 0 spiro atoms. The lowest BCUT2D eigenvalue weighted by molar-refractivity contribution is 0.0600. The number of carbonyl (C=O) groups excluding carboxylic acids is 2. The van der Waals surface area contributed by atoms with E-state index < -0.39 is 5.97 Å². The molecule has 0 atom stereocenters. The van der Waals surface area contributed by atoms with Crippen LogP contribution in [0.25, 0.3) is 0 Å². The van der Waals surface area contributed by atoms with Crippen molar-refractivity contribution >= 4 is 35.0 Å². The van der Waals surface area contributed by atoms with E-state index in [9.17, 15) is 9.59 Å². The van der Waals surface area contributed by atoms with E-state index in [2.05, 4.69) is 25.4 Å². The van der Waals surface area contributed by atoms with Gasteiger partial charge in [0.2, 0.25) is 0 Å². The van der Waals surface area contributed by atoms with Crippen LogP contribution in [-0.4, -0.2) is 40.2 Å². The molecule has 1 aliphatic rings. The van der Waals surface area contributed by atoms with Gasteiger partial charge < -0.3 is 10.1 Å². The smallest absolute Gasteiger partial charge is 0.339 e. The molecule has 3 rings (SSSR count). The fraction of sp³-hybridized carbons (Fsp3) is 0.444. The van der Waals surface area contributed by atoms with E-state index in [0.717, 1.165) is 35.7 Å². The summed E-state index contributed by atoms with van der Waals surface area (Å²) in [4.78, 5) is 32.5. The number of hydrogen-bond donors (Lipinski definition) is 1. The molecule has 0 bridgehead atoms. The van der Waals surface area contributed by atoms with Crippen LogP contribution in [-0.2, 0) is 4.74 Å². The fourth-order valence-electron chi connectivity index (χ4n) is 2.92. The van der Waals surface area contributed by atoms with Crippen LogP contribution in [0.4, 0.5) is 0 Å². The predicted octanol–water partition coefficient (Wildman–Crippen LogP) is 3.47. The number of rotatable bonds is 5. The van der Waals surface area contributed by atoms with Gasteiger partial charge in [0.25, 0.3) is 5.91 Å². The molecule has 26 heavy (non-hydrogen) atoms. The number of hydrogen-bond acceptors (Lipinski definition) is 7. The molecule has 2 aromatic heterocycles. The summed E-state index contributed by atoms with van der Waals surface area (Å²) in [5.41, 5.74) is 1.72. The van der Waals surface area contributed by atoms with Crippen molar-refractivity contribution in [3.63, 3.8) is 0 Å². The monoisotopic (exact) mass is 391 g/mol. The van der Waals surface area contributed by atoms with Crippen molar-refractivity contribution in [2.24, 2.45) is 0 Å². The summed E-state index contributed by atoms with van der Waals surface area (Å²) in [6.07, 6.45) is 6.85. The molecule has 0 radical (unpaired) electrons. The number of thioether (sulfide) groups is 1. The summed E-state index contributed by atoms with van der Waals surface area (Å²) >= 11 is 3.54. The fourth-order valence-corrected chi connectivity index (χ4v) is 5.20. The first kappa shape index (κ1) is 18.8. The standard InChI is InChI=1S/C18H21N3O3S2/c1-11-10-25-18(20-11)26-15-5-3-14(4-6-15)21-16(22)12-7-13(9-19-8-12)17(23)24-2/h7-10,14-15H,3-6H2,1-2H3,(H,21,22). The van der Waals surface area contributed by atoms with Gasteiger partial charge in [-0.2, -0.15) is 0 Å².